The number of fused-ring (bicyclic) bond motifs is 1. The predicted octanol–water partition coefficient (Wildman–Crippen LogP) is 2.23. The molecule has 8 nitrogen and oxygen atoms in total. The number of amides is 2. The van der Waals surface area contributed by atoms with Crippen LogP contribution >= 0.6 is 11.8 Å². The van der Waals surface area contributed by atoms with E-state index in [4.69, 9.17) is 4.74 Å². The zero-order valence-electron chi connectivity index (χ0n) is 14.5. The van der Waals surface area contributed by atoms with Gasteiger partial charge in [0.1, 0.15) is 5.75 Å². The van der Waals surface area contributed by atoms with Gasteiger partial charge in [0.2, 0.25) is 5.91 Å². The first-order valence-corrected chi connectivity index (χ1v) is 9.13. The van der Waals surface area contributed by atoms with Gasteiger partial charge in [0.25, 0.3) is 11.6 Å². The standard InChI is InChI=1S/C18H17N3O5S/c1-19-18(23)16-10-20(14-4-2-3-5-15(14)26-16)17(22)11-27-13-8-6-12(7-9-13)21(24)25/h2-9,16H,10-11H2,1H3,(H,19,23). The van der Waals surface area contributed by atoms with E-state index in [9.17, 15) is 19.7 Å². The van der Waals surface area contributed by atoms with E-state index in [1.165, 1.54) is 35.8 Å². The third-order valence-corrected chi connectivity index (χ3v) is 5.02. The van der Waals surface area contributed by atoms with Crippen LogP contribution in [0.4, 0.5) is 11.4 Å². The molecule has 1 N–H and O–H groups in total. The number of nitro groups is 1. The van der Waals surface area contributed by atoms with E-state index in [0.29, 0.717) is 11.4 Å². The van der Waals surface area contributed by atoms with Gasteiger partial charge in [-0.25, -0.2) is 0 Å². The average Bonchev–Trinajstić information content (AvgIpc) is 2.70. The summed E-state index contributed by atoms with van der Waals surface area (Å²) in [5.41, 5.74) is 0.619. The van der Waals surface area contributed by atoms with E-state index in [1.54, 1.807) is 36.4 Å². The maximum absolute atomic E-state index is 12.8. The Kier molecular flexibility index (Phi) is 5.60. The number of benzene rings is 2. The molecule has 27 heavy (non-hydrogen) atoms. The number of anilines is 1. The summed E-state index contributed by atoms with van der Waals surface area (Å²) in [4.78, 5) is 37.3. The summed E-state index contributed by atoms with van der Waals surface area (Å²) >= 11 is 1.28. The highest BCUT2D eigenvalue weighted by atomic mass is 32.2. The highest BCUT2D eigenvalue weighted by molar-refractivity contribution is 8.00. The fourth-order valence-electron chi connectivity index (χ4n) is 2.66. The molecule has 2 aromatic carbocycles. The molecular formula is C18H17N3O5S. The summed E-state index contributed by atoms with van der Waals surface area (Å²) in [7, 11) is 1.52. The lowest BCUT2D eigenvalue weighted by Crippen LogP contribution is -2.50. The van der Waals surface area contributed by atoms with Crippen LogP contribution in [0.25, 0.3) is 0 Å². The Morgan fingerprint density at radius 1 is 1.26 bits per heavy atom. The van der Waals surface area contributed by atoms with Crippen LogP contribution in [0.3, 0.4) is 0 Å². The first kappa shape index (κ1) is 18.7. The molecule has 0 saturated heterocycles. The zero-order chi connectivity index (χ0) is 19.4. The molecule has 3 rings (SSSR count). The highest BCUT2D eigenvalue weighted by Gasteiger charge is 2.33. The largest absolute Gasteiger partial charge is 0.477 e. The second-order valence-electron chi connectivity index (χ2n) is 5.73. The van der Waals surface area contributed by atoms with Crippen LogP contribution in [0.5, 0.6) is 5.75 Å². The lowest BCUT2D eigenvalue weighted by atomic mass is 10.2. The molecule has 1 aliphatic heterocycles. The normalized spacial score (nSPS) is 15.4. The van der Waals surface area contributed by atoms with Crippen LogP contribution in [0.1, 0.15) is 0 Å². The lowest BCUT2D eigenvalue weighted by molar-refractivity contribution is -0.384. The van der Waals surface area contributed by atoms with E-state index in [0.717, 1.165) is 4.90 Å². The van der Waals surface area contributed by atoms with Crippen LogP contribution in [0.15, 0.2) is 53.4 Å². The van der Waals surface area contributed by atoms with Crippen molar-refractivity contribution in [2.45, 2.75) is 11.0 Å². The monoisotopic (exact) mass is 387 g/mol. The zero-order valence-corrected chi connectivity index (χ0v) is 15.3. The number of thioether (sulfide) groups is 1. The number of non-ortho nitro benzene ring substituents is 1. The van der Waals surface area contributed by atoms with Crippen molar-refractivity contribution in [3.63, 3.8) is 0 Å². The number of likely N-dealkylation sites (N-methyl/N-ethyl adjacent to an activating group) is 1. The predicted molar refractivity (Wildman–Crippen MR) is 101 cm³/mol. The van der Waals surface area contributed by atoms with E-state index in [1.807, 2.05) is 0 Å². The van der Waals surface area contributed by atoms with Crippen LogP contribution in [-0.2, 0) is 9.59 Å². The van der Waals surface area contributed by atoms with E-state index < -0.39 is 11.0 Å². The van der Waals surface area contributed by atoms with E-state index in [-0.39, 0.29) is 29.8 Å². The van der Waals surface area contributed by atoms with E-state index in [2.05, 4.69) is 5.32 Å². The maximum Gasteiger partial charge on any atom is 0.269 e. The Balaban J connectivity index is 1.72. The van der Waals surface area contributed by atoms with Crippen molar-refractivity contribution in [3.8, 4) is 5.75 Å². The van der Waals surface area contributed by atoms with Gasteiger partial charge in [-0.05, 0) is 24.3 Å². The van der Waals surface area contributed by atoms with Crippen molar-refractivity contribution in [1.82, 2.24) is 5.32 Å². The number of ether oxygens (including phenoxy) is 1. The molecule has 1 aliphatic rings. The molecule has 2 amide bonds. The minimum absolute atomic E-state index is 0.00111. The minimum Gasteiger partial charge on any atom is -0.477 e. The fraction of sp³-hybridized carbons (Fsp3) is 0.222. The Bertz CT molecular complexity index is 872. The van der Waals surface area contributed by atoms with Crippen LogP contribution in [0, 0.1) is 10.1 Å². The van der Waals surface area contributed by atoms with Crippen molar-refractivity contribution < 1.29 is 19.2 Å². The van der Waals surface area contributed by atoms with Gasteiger partial charge in [0.05, 0.1) is 22.9 Å². The number of rotatable bonds is 5. The van der Waals surface area contributed by atoms with Crippen molar-refractivity contribution in [3.05, 3.63) is 58.6 Å². The Hall–Kier alpha value is -3.07. The molecule has 1 heterocycles. The highest BCUT2D eigenvalue weighted by Crippen LogP contribution is 2.34. The third kappa shape index (κ3) is 4.20. The minimum atomic E-state index is -0.779. The number of para-hydroxylation sites is 2. The maximum atomic E-state index is 12.8. The van der Waals surface area contributed by atoms with Gasteiger partial charge in [0, 0.05) is 24.1 Å². The van der Waals surface area contributed by atoms with Crippen LogP contribution < -0.4 is 15.0 Å². The Morgan fingerprint density at radius 3 is 2.63 bits per heavy atom. The number of nitrogens with zero attached hydrogens (tertiary/aromatic N) is 2. The second-order valence-corrected chi connectivity index (χ2v) is 6.78. The van der Waals surface area contributed by atoms with Crippen molar-refractivity contribution >= 4 is 35.0 Å². The molecule has 0 radical (unpaired) electrons. The Labute approximate surface area is 159 Å². The molecular weight excluding hydrogens is 370 g/mol. The molecule has 1 unspecified atom stereocenters. The van der Waals surface area contributed by atoms with Gasteiger partial charge in [-0.15, -0.1) is 11.8 Å². The quantitative estimate of drug-likeness (QED) is 0.480. The first-order chi connectivity index (χ1) is 13.0. The molecule has 0 aromatic heterocycles. The first-order valence-electron chi connectivity index (χ1n) is 8.14. The van der Waals surface area contributed by atoms with E-state index >= 15 is 0 Å². The third-order valence-electron chi connectivity index (χ3n) is 4.02. The van der Waals surface area contributed by atoms with Gasteiger partial charge < -0.3 is 15.0 Å². The van der Waals surface area contributed by atoms with Gasteiger partial charge in [0.15, 0.2) is 6.10 Å². The molecule has 140 valence electrons. The van der Waals surface area contributed by atoms with Gasteiger partial charge in [-0.1, -0.05) is 12.1 Å². The second kappa shape index (κ2) is 8.09. The van der Waals surface area contributed by atoms with Crippen molar-refractivity contribution in [2.75, 3.05) is 24.2 Å². The molecule has 0 bridgehead atoms. The smallest absolute Gasteiger partial charge is 0.269 e. The van der Waals surface area contributed by atoms with Crippen molar-refractivity contribution in [2.24, 2.45) is 0 Å². The summed E-state index contributed by atoms with van der Waals surface area (Å²) < 4.78 is 5.69. The number of carbonyl (C=O) groups is 2. The molecule has 9 heteroatoms. The summed E-state index contributed by atoms with van der Waals surface area (Å²) in [5, 5.41) is 13.2. The molecule has 2 aromatic rings. The molecule has 0 fully saturated rings. The average molecular weight is 387 g/mol. The summed E-state index contributed by atoms with van der Waals surface area (Å²) in [6.45, 7) is 0.121. The SMILES string of the molecule is CNC(=O)C1CN(C(=O)CSc2ccc([N+](=O)[O-])cc2)c2ccccc2O1. The lowest BCUT2D eigenvalue weighted by Gasteiger charge is -2.34. The summed E-state index contributed by atoms with van der Waals surface area (Å²) in [6, 6.07) is 13.1. The van der Waals surface area contributed by atoms with Crippen LogP contribution in [0.2, 0.25) is 0 Å². The van der Waals surface area contributed by atoms with Gasteiger partial charge in [-0.2, -0.15) is 0 Å². The molecule has 0 aliphatic carbocycles. The van der Waals surface area contributed by atoms with Crippen LogP contribution in [-0.4, -0.2) is 42.2 Å². The number of nitrogens with one attached hydrogen (secondary N) is 1. The number of carbonyl (C=O) groups excluding carboxylic acids is 2. The molecule has 1 atom stereocenters. The van der Waals surface area contributed by atoms with Crippen molar-refractivity contribution in [1.29, 1.82) is 0 Å². The number of hydrogen-bond acceptors (Lipinski definition) is 6. The van der Waals surface area contributed by atoms with Gasteiger partial charge in [-0.3, -0.25) is 19.7 Å². The molecule has 0 saturated carbocycles. The fourth-order valence-corrected chi connectivity index (χ4v) is 3.43. The summed E-state index contributed by atoms with van der Waals surface area (Å²) in [6.07, 6.45) is -0.779. The topological polar surface area (TPSA) is 102 Å². The number of hydrogen-bond donors (Lipinski definition) is 1. The van der Waals surface area contributed by atoms with Gasteiger partial charge >= 0.3 is 0 Å². The summed E-state index contributed by atoms with van der Waals surface area (Å²) in [5.74, 6) is 0.131. The molecule has 0 spiro atoms. The Morgan fingerprint density at radius 2 is 1.96 bits per heavy atom. The number of nitro benzene ring substituents is 1.